The predicted molar refractivity (Wildman–Crippen MR) is 64.8 cm³/mol. The lowest BCUT2D eigenvalue weighted by Gasteiger charge is -2.02. The quantitative estimate of drug-likeness (QED) is 0.819. The van der Waals surface area contributed by atoms with Gasteiger partial charge in [0.05, 0.1) is 5.69 Å². The second kappa shape index (κ2) is 3.58. The first kappa shape index (κ1) is 10.0. The summed E-state index contributed by atoms with van der Waals surface area (Å²) < 4.78 is 1.55. The van der Waals surface area contributed by atoms with Gasteiger partial charge in [-0.1, -0.05) is 13.8 Å². The highest BCUT2D eigenvalue weighted by molar-refractivity contribution is 14.1. The Labute approximate surface area is 97.9 Å². The molecule has 0 unspecified atom stereocenters. The summed E-state index contributed by atoms with van der Waals surface area (Å²) in [4.78, 5) is 15.7. The molecular weight excluding hydrogens is 313 g/mol. The minimum Gasteiger partial charge on any atom is -0.266 e. The van der Waals surface area contributed by atoms with Crippen LogP contribution >= 0.6 is 33.9 Å². The van der Waals surface area contributed by atoms with Crippen molar-refractivity contribution in [1.82, 2.24) is 15.2 Å². The van der Waals surface area contributed by atoms with Crippen LogP contribution in [0.3, 0.4) is 0 Å². The predicted octanol–water partition coefficient (Wildman–Crippen LogP) is 2.11. The van der Waals surface area contributed by atoms with Crippen molar-refractivity contribution in [3.63, 3.8) is 0 Å². The fourth-order valence-electron chi connectivity index (χ4n) is 1.24. The molecule has 74 valence electrons. The van der Waals surface area contributed by atoms with Gasteiger partial charge < -0.3 is 0 Å². The first-order chi connectivity index (χ1) is 6.59. The molecule has 0 aliphatic rings. The summed E-state index contributed by atoms with van der Waals surface area (Å²) >= 11 is 3.52. The first-order valence-corrected chi connectivity index (χ1v) is 6.03. The molecule has 2 rings (SSSR count). The van der Waals surface area contributed by atoms with Crippen molar-refractivity contribution in [2.75, 3.05) is 0 Å². The topological polar surface area (TPSA) is 58.6 Å². The molecule has 0 fully saturated rings. The fourth-order valence-corrected chi connectivity index (χ4v) is 2.83. The highest BCUT2D eigenvalue weighted by atomic mass is 127. The maximum Gasteiger partial charge on any atom is 0.283 e. The summed E-state index contributed by atoms with van der Waals surface area (Å²) in [6.07, 6.45) is 0. The smallest absolute Gasteiger partial charge is 0.266 e. The lowest BCUT2D eigenvalue weighted by Crippen LogP contribution is -2.10. The maximum atomic E-state index is 11.4. The SMILES string of the molecule is CC(C)c1n[nH]c(=O)c2sc(I)nc12. The van der Waals surface area contributed by atoms with E-state index < -0.39 is 0 Å². The average molecular weight is 321 g/mol. The van der Waals surface area contributed by atoms with Crippen LogP contribution in [-0.4, -0.2) is 15.2 Å². The van der Waals surface area contributed by atoms with E-state index in [1.54, 1.807) is 0 Å². The standard InChI is InChI=1S/C8H8IN3OS/c1-3(2)4-5-6(7(13)12-11-4)14-8(9)10-5/h3H,1-2H3,(H,12,13). The van der Waals surface area contributed by atoms with E-state index >= 15 is 0 Å². The maximum absolute atomic E-state index is 11.4. The van der Waals surface area contributed by atoms with Gasteiger partial charge in [0.25, 0.3) is 5.56 Å². The van der Waals surface area contributed by atoms with Crippen molar-refractivity contribution < 1.29 is 0 Å². The third kappa shape index (κ3) is 1.56. The summed E-state index contributed by atoms with van der Waals surface area (Å²) in [6.45, 7) is 4.07. The Bertz CT molecular complexity index is 531. The van der Waals surface area contributed by atoms with E-state index in [1.807, 2.05) is 13.8 Å². The van der Waals surface area contributed by atoms with Crippen molar-refractivity contribution in [2.24, 2.45) is 0 Å². The summed E-state index contributed by atoms with van der Waals surface area (Å²) in [5.74, 6) is 0.271. The Hall–Kier alpha value is -0.500. The number of nitrogens with one attached hydrogen (secondary N) is 1. The molecule has 4 nitrogen and oxygen atoms in total. The van der Waals surface area contributed by atoms with Gasteiger partial charge in [0, 0.05) is 0 Å². The summed E-state index contributed by atoms with van der Waals surface area (Å²) in [6, 6.07) is 0. The number of thiazole rings is 1. The van der Waals surface area contributed by atoms with Crippen molar-refractivity contribution in [3.8, 4) is 0 Å². The Balaban J connectivity index is 2.88. The number of nitrogens with zero attached hydrogens (tertiary/aromatic N) is 2. The van der Waals surface area contributed by atoms with Gasteiger partial charge in [-0.05, 0) is 28.5 Å². The van der Waals surface area contributed by atoms with Crippen LogP contribution in [0.1, 0.15) is 25.5 Å². The van der Waals surface area contributed by atoms with Gasteiger partial charge >= 0.3 is 0 Å². The molecule has 2 aromatic rings. The second-order valence-electron chi connectivity index (χ2n) is 3.24. The van der Waals surface area contributed by atoms with Crippen LogP contribution in [0.15, 0.2) is 4.79 Å². The molecule has 0 saturated heterocycles. The molecule has 0 bridgehead atoms. The Morgan fingerprint density at radius 1 is 1.50 bits per heavy atom. The van der Waals surface area contributed by atoms with Crippen molar-refractivity contribution in [3.05, 3.63) is 19.1 Å². The van der Waals surface area contributed by atoms with Crippen LogP contribution in [0.4, 0.5) is 0 Å². The van der Waals surface area contributed by atoms with Gasteiger partial charge in [-0.3, -0.25) is 4.79 Å². The van der Waals surface area contributed by atoms with E-state index in [1.165, 1.54) is 11.3 Å². The number of aromatic nitrogens is 3. The zero-order valence-corrected chi connectivity index (χ0v) is 10.6. The number of hydrogen-bond donors (Lipinski definition) is 1. The van der Waals surface area contributed by atoms with Crippen molar-refractivity contribution >= 4 is 44.1 Å². The van der Waals surface area contributed by atoms with Crippen molar-refractivity contribution in [2.45, 2.75) is 19.8 Å². The van der Waals surface area contributed by atoms with E-state index in [2.05, 4.69) is 37.8 Å². The van der Waals surface area contributed by atoms with Gasteiger partial charge in [0.1, 0.15) is 10.2 Å². The Morgan fingerprint density at radius 2 is 2.21 bits per heavy atom. The van der Waals surface area contributed by atoms with E-state index in [-0.39, 0.29) is 11.5 Å². The van der Waals surface area contributed by atoms with Gasteiger partial charge in [-0.2, -0.15) is 5.10 Å². The number of hydrogen-bond acceptors (Lipinski definition) is 4. The molecule has 0 radical (unpaired) electrons. The number of H-pyrrole nitrogens is 1. The highest BCUT2D eigenvalue weighted by Gasteiger charge is 2.13. The van der Waals surface area contributed by atoms with E-state index in [0.29, 0.717) is 4.70 Å². The van der Waals surface area contributed by atoms with Crippen LogP contribution < -0.4 is 5.56 Å². The number of aromatic amines is 1. The fraction of sp³-hybridized carbons (Fsp3) is 0.375. The first-order valence-electron chi connectivity index (χ1n) is 4.14. The molecule has 0 saturated carbocycles. The summed E-state index contributed by atoms with van der Waals surface area (Å²) in [5.41, 5.74) is 1.46. The van der Waals surface area contributed by atoms with E-state index in [9.17, 15) is 4.79 Å². The Morgan fingerprint density at radius 3 is 2.86 bits per heavy atom. The lowest BCUT2D eigenvalue weighted by atomic mass is 10.1. The molecule has 0 amide bonds. The highest BCUT2D eigenvalue weighted by Crippen LogP contribution is 2.25. The van der Waals surface area contributed by atoms with Gasteiger partial charge in [-0.15, -0.1) is 11.3 Å². The third-order valence-electron chi connectivity index (χ3n) is 1.87. The minimum atomic E-state index is -0.148. The lowest BCUT2D eigenvalue weighted by molar-refractivity contribution is 0.790. The zero-order chi connectivity index (χ0) is 10.3. The molecule has 2 heterocycles. The second-order valence-corrected chi connectivity index (χ2v) is 5.99. The normalized spacial score (nSPS) is 11.4. The molecule has 0 aliphatic carbocycles. The van der Waals surface area contributed by atoms with Crippen LogP contribution in [0.5, 0.6) is 0 Å². The molecule has 0 aliphatic heterocycles. The van der Waals surface area contributed by atoms with Gasteiger partial charge in [-0.25, -0.2) is 10.1 Å². The summed E-state index contributed by atoms with van der Waals surface area (Å²) in [5, 5.41) is 6.52. The largest absolute Gasteiger partial charge is 0.283 e. The molecule has 0 spiro atoms. The molecule has 2 aromatic heterocycles. The van der Waals surface area contributed by atoms with Crippen LogP contribution in [0, 0.1) is 3.01 Å². The molecular formula is C8H8IN3OS. The Kier molecular flexibility index (Phi) is 2.56. The van der Waals surface area contributed by atoms with Gasteiger partial charge in [0.2, 0.25) is 0 Å². The van der Waals surface area contributed by atoms with E-state index in [4.69, 9.17) is 0 Å². The zero-order valence-electron chi connectivity index (χ0n) is 7.67. The minimum absolute atomic E-state index is 0.148. The van der Waals surface area contributed by atoms with Crippen LogP contribution in [-0.2, 0) is 0 Å². The van der Waals surface area contributed by atoms with Crippen LogP contribution in [0.25, 0.3) is 10.2 Å². The molecule has 0 atom stereocenters. The van der Waals surface area contributed by atoms with Crippen molar-refractivity contribution in [1.29, 1.82) is 0 Å². The van der Waals surface area contributed by atoms with E-state index in [0.717, 1.165) is 14.2 Å². The molecule has 1 N–H and O–H groups in total. The number of halogens is 1. The molecule has 14 heavy (non-hydrogen) atoms. The van der Waals surface area contributed by atoms with Crippen LogP contribution in [0.2, 0.25) is 0 Å². The van der Waals surface area contributed by atoms with Gasteiger partial charge in [0.15, 0.2) is 3.01 Å². The average Bonchev–Trinajstić information content (AvgIpc) is 2.47. The number of fused-ring (bicyclic) bond motifs is 1. The molecule has 0 aromatic carbocycles. The monoisotopic (exact) mass is 321 g/mol. The third-order valence-corrected chi connectivity index (χ3v) is 3.62. The summed E-state index contributed by atoms with van der Waals surface area (Å²) in [7, 11) is 0. The number of rotatable bonds is 1. The molecule has 6 heteroatoms.